The number of nitrogens with zero attached hydrogens (tertiary/aromatic N) is 2. The normalized spacial score (nSPS) is 15.5. The topological polar surface area (TPSA) is 56.4 Å². The van der Waals surface area contributed by atoms with Crippen LogP contribution in [0.1, 0.15) is 11.1 Å². The summed E-state index contributed by atoms with van der Waals surface area (Å²) in [7, 11) is 0. The van der Waals surface area contributed by atoms with Crippen LogP contribution in [0.4, 0.5) is 0 Å². The fourth-order valence-electron chi connectivity index (χ4n) is 2.84. The predicted molar refractivity (Wildman–Crippen MR) is 94.1 cm³/mol. The molecule has 0 spiro atoms. The number of halogens is 1. The number of nitrogens with one attached hydrogen (secondary N) is 1. The molecule has 1 amide bonds. The van der Waals surface area contributed by atoms with Crippen molar-refractivity contribution in [2.24, 2.45) is 0 Å². The van der Waals surface area contributed by atoms with E-state index in [9.17, 15) is 9.59 Å². The Morgan fingerprint density at radius 2 is 1.67 bits per heavy atom. The predicted octanol–water partition coefficient (Wildman–Crippen LogP) is 1.92. The maximum absolute atomic E-state index is 12.4. The zero-order chi connectivity index (χ0) is 16.9. The number of carbonyl (C=O) groups is 1. The highest BCUT2D eigenvalue weighted by Crippen LogP contribution is 2.12. The molecule has 0 radical (unpaired) electrons. The fraction of sp³-hybridized carbons (Fsp3) is 0.333. The Bertz CT molecular complexity index is 729. The summed E-state index contributed by atoms with van der Waals surface area (Å²) in [5.41, 5.74) is 1.98. The number of rotatable bonds is 4. The van der Waals surface area contributed by atoms with Gasteiger partial charge in [0.25, 0.3) is 0 Å². The summed E-state index contributed by atoms with van der Waals surface area (Å²) in [5.74, 6) is 0.154. The number of aromatic amines is 1. The number of hydrogen-bond donors (Lipinski definition) is 1. The summed E-state index contributed by atoms with van der Waals surface area (Å²) in [4.78, 5) is 30.4. The lowest BCUT2D eigenvalue weighted by Gasteiger charge is -2.34. The van der Waals surface area contributed by atoms with E-state index in [0.717, 1.165) is 43.9 Å². The van der Waals surface area contributed by atoms with Crippen LogP contribution in [0.5, 0.6) is 0 Å². The fourth-order valence-corrected chi connectivity index (χ4v) is 2.97. The molecule has 2 aromatic rings. The van der Waals surface area contributed by atoms with Crippen molar-refractivity contribution in [3.05, 3.63) is 69.1 Å². The molecule has 1 saturated heterocycles. The first-order valence-electron chi connectivity index (χ1n) is 8.02. The van der Waals surface area contributed by atoms with E-state index in [1.54, 1.807) is 12.3 Å². The lowest BCUT2D eigenvalue weighted by molar-refractivity contribution is -0.132. The molecule has 1 aromatic carbocycles. The summed E-state index contributed by atoms with van der Waals surface area (Å²) in [6.07, 6.45) is 2.16. The van der Waals surface area contributed by atoms with Gasteiger partial charge in [0.15, 0.2) is 0 Å². The van der Waals surface area contributed by atoms with Crippen LogP contribution in [0.2, 0.25) is 5.02 Å². The smallest absolute Gasteiger partial charge is 0.247 e. The molecule has 0 aliphatic carbocycles. The van der Waals surface area contributed by atoms with Gasteiger partial charge in [-0.2, -0.15) is 0 Å². The van der Waals surface area contributed by atoms with Gasteiger partial charge >= 0.3 is 0 Å². The summed E-state index contributed by atoms with van der Waals surface area (Å²) in [5, 5.41) is 0.682. The molecule has 24 heavy (non-hydrogen) atoms. The molecule has 0 saturated carbocycles. The zero-order valence-electron chi connectivity index (χ0n) is 13.4. The molecule has 2 heterocycles. The van der Waals surface area contributed by atoms with Crippen LogP contribution in [0.3, 0.4) is 0 Å². The average molecular weight is 346 g/mol. The number of pyridine rings is 1. The SMILES string of the molecule is O=C(Cc1ccc(Cl)cc1)N1CCN(Cc2ccc(=O)[nH]c2)CC1. The minimum Gasteiger partial charge on any atom is -0.340 e. The van der Waals surface area contributed by atoms with Crippen LogP contribution >= 0.6 is 11.6 Å². The Morgan fingerprint density at radius 1 is 1.00 bits per heavy atom. The van der Waals surface area contributed by atoms with E-state index in [1.165, 1.54) is 0 Å². The second-order valence-electron chi connectivity index (χ2n) is 6.02. The molecule has 126 valence electrons. The zero-order valence-corrected chi connectivity index (χ0v) is 14.1. The van der Waals surface area contributed by atoms with Gasteiger partial charge < -0.3 is 9.88 Å². The third-order valence-electron chi connectivity index (χ3n) is 4.25. The van der Waals surface area contributed by atoms with E-state index >= 15 is 0 Å². The number of carbonyl (C=O) groups excluding carboxylic acids is 1. The van der Waals surface area contributed by atoms with Crippen molar-refractivity contribution in [2.75, 3.05) is 26.2 Å². The number of hydrogen-bond acceptors (Lipinski definition) is 3. The van der Waals surface area contributed by atoms with Crippen LogP contribution < -0.4 is 5.56 Å². The van der Waals surface area contributed by atoms with Crippen molar-refractivity contribution < 1.29 is 4.79 Å². The molecule has 3 rings (SSSR count). The van der Waals surface area contributed by atoms with Crippen molar-refractivity contribution in [3.63, 3.8) is 0 Å². The molecule has 1 aliphatic rings. The molecule has 1 N–H and O–H groups in total. The second kappa shape index (κ2) is 7.64. The maximum atomic E-state index is 12.4. The van der Waals surface area contributed by atoms with Crippen molar-refractivity contribution in [1.29, 1.82) is 0 Å². The van der Waals surface area contributed by atoms with Crippen molar-refractivity contribution in [1.82, 2.24) is 14.8 Å². The Kier molecular flexibility index (Phi) is 5.33. The first-order valence-corrected chi connectivity index (χ1v) is 8.40. The Labute approximate surface area is 145 Å². The lowest BCUT2D eigenvalue weighted by Crippen LogP contribution is -2.48. The van der Waals surface area contributed by atoms with Gasteiger partial charge in [-0.1, -0.05) is 29.8 Å². The van der Waals surface area contributed by atoms with Gasteiger partial charge in [0.05, 0.1) is 6.42 Å². The third kappa shape index (κ3) is 4.46. The van der Waals surface area contributed by atoms with Gasteiger partial charge in [0.1, 0.15) is 0 Å². The van der Waals surface area contributed by atoms with Crippen molar-refractivity contribution >= 4 is 17.5 Å². The molecule has 0 atom stereocenters. The Balaban J connectivity index is 1.49. The van der Waals surface area contributed by atoms with Gasteiger partial charge in [-0.25, -0.2) is 0 Å². The monoisotopic (exact) mass is 345 g/mol. The lowest BCUT2D eigenvalue weighted by atomic mass is 10.1. The van der Waals surface area contributed by atoms with Gasteiger partial charge in [0.2, 0.25) is 11.5 Å². The summed E-state index contributed by atoms with van der Waals surface area (Å²) in [6.45, 7) is 3.93. The van der Waals surface area contributed by atoms with Gasteiger partial charge in [-0.15, -0.1) is 0 Å². The van der Waals surface area contributed by atoms with E-state index in [2.05, 4.69) is 9.88 Å². The van der Waals surface area contributed by atoms with Crippen LogP contribution in [0, 0.1) is 0 Å². The molecule has 6 heteroatoms. The quantitative estimate of drug-likeness (QED) is 0.921. The molecule has 1 aromatic heterocycles. The van der Waals surface area contributed by atoms with Gasteiger partial charge in [0, 0.05) is 50.0 Å². The van der Waals surface area contributed by atoms with Crippen molar-refractivity contribution in [3.8, 4) is 0 Å². The molecule has 1 aliphatic heterocycles. The Morgan fingerprint density at radius 3 is 2.29 bits per heavy atom. The van der Waals surface area contributed by atoms with Gasteiger partial charge in [-0.05, 0) is 23.3 Å². The first kappa shape index (κ1) is 16.7. The van der Waals surface area contributed by atoms with Gasteiger partial charge in [-0.3, -0.25) is 14.5 Å². The van der Waals surface area contributed by atoms with E-state index in [0.29, 0.717) is 11.4 Å². The summed E-state index contributed by atoms with van der Waals surface area (Å²) in [6, 6.07) is 10.8. The maximum Gasteiger partial charge on any atom is 0.247 e. The average Bonchev–Trinajstić information content (AvgIpc) is 2.59. The number of benzene rings is 1. The summed E-state index contributed by atoms with van der Waals surface area (Å²) >= 11 is 5.87. The van der Waals surface area contributed by atoms with Crippen LogP contribution in [0.25, 0.3) is 0 Å². The largest absolute Gasteiger partial charge is 0.340 e. The minimum atomic E-state index is -0.0867. The Hall–Kier alpha value is -2.11. The van der Waals surface area contributed by atoms with E-state index in [1.807, 2.05) is 35.2 Å². The minimum absolute atomic E-state index is 0.0867. The number of H-pyrrole nitrogens is 1. The standard InChI is InChI=1S/C18H20ClN3O2/c19-16-4-1-14(2-5-16)11-18(24)22-9-7-21(8-10-22)13-15-3-6-17(23)20-12-15/h1-6,12H,7-11,13H2,(H,20,23). The van der Waals surface area contributed by atoms with E-state index in [-0.39, 0.29) is 11.5 Å². The molecular weight excluding hydrogens is 326 g/mol. The molecule has 0 unspecified atom stereocenters. The molecule has 0 bridgehead atoms. The molecule has 1 fully saturated rings. The highest BCUT2D eigenvalue weighted by molar-refractivity contribution is 6.30. The number of piperazine rings is 1. The number of amides is 1. The van der Waals surface area contributed by atoms with E-state index < -0.39 is 0 Å². The van der Waals surface area contributed by atoms with Crippen molar-refractivity contribution in [2.45, 2.75) is 13.0 Å². The first-order chi connectivity index (χ1) is 11.6. The van der Waals surface area contributed by atoms with E-state index in [4.69, 9.17) is 11.6 Å². The molecule has 5 nitrogen and oxygen atoms in total. The highest BCUT2D eigenvalue weighted by Gasteiger charge is 2.21. The van der Waals surface area contributed by atoms with Crippen LogP contribution in [-0.2, 0) is 17.8 Å². The second-order valence-corrected chi connectivity index (χ2v) is 6.46. The van der Waals surface area contributed by atoms with Crippen LogP contribution in [0.15, 0.2) is 47.4 Å². The highest BCUT2D eigenvalue weighted by atomic mass is 35.5. The third-order valence-corrected chi connectivity index (χ3v) is 4.50. The molecular formula is C18H20ClN3O2. The number of aromatic nitrogens is 1. The van der Waals surface area contributed by atoms with Crippen LogP contribution in [-0.4, -0.2) is 46.9 Å². The summed E-state index contributed by atoms with van der Waals surface area (Å²) < 4.78 is 0.